The van der Waals surface area contributed by atoms with Crippen LogP contribution in [0.3, 0.4) is 0 Å². The van der Waals surface area contributed by atoms with E-state index < -0.39 is 14.4 Å². The van der Waals surface area contributed by atoms with Crippen LogP contribution in [0.1, 0.15) is 20.8 Å². The highest BCUT2D eigenvalue weighted by atomic mass is 28.4. The Labute approximate surface area is 177 Å². The molecular weight excluding hydrogens is 390 g/mol. The molecule has 30 heavy (non-hydrogen) atoms. The fraction of sp³-hybridized carbons (Fsp3) is 0.160. The predicted molar refractivity (Wildman–Crippen MR) is 124 cm³/mol. The van der Waals surface area contributed by atoms with E-state index in [1.54, 1.807) is 12.4 Å². The summed E-state index contributed by atoms with van der Waals surface area (Å²) < 4.78 is 8.18. The lowest BCUT2D eigenvalue weighted by atomic mass is 10.2. The first-order valence-corrected chi connectivity index (χ1v) is 11.9. The van der Waals surface area contributed by atoms with E-state index in [4.69, 9.17) is 4.43 Å². The molecule has 0 atom stereocenters. The van der Waals surface area contributed by atoms with Crippen LogP contribution in [-0.2, 0) is 0 Å². The van der Waals surface area contributed by atoms with Crippen LogP contribution in [0, 0.1) is 0 Å². The van der Waals surface area contributed by atoms with Crippen LogP contribution in [0.25, 0.3) is 10.8 Å². The van der Waals surface area contributed by atoms with Gasteiger partial charge in [0.25, 0.3) is 0 Å². The fourth-order valence-electron chi connectivity index (χ4n) is 4.12. The summed E-state index contributed by atoms with van der Waals surface area (Å²) in [5, 5.41) is 13.3. The second kappa shape index (κ2) is 7.50. The molecule has 0 aliphatic rings. The Balaban J connectivity index is 1.90. The first kappa shape index (κ1) is 20.0. The molecule has 3 aromatic carbocycles. The number of fused-ring (bicyclic) bond motifs is 1. The molecule has 0 saturated carbocycles. The number of nitrogens with zero attached hydrogens (tertiary/aromatic N) is 1. The Bertz CT molecular complexity index is 1140. The molecule has 1 heterocycles. The lowest BCUT2D eigenvalue weighted by Crippen LogP contribution is -2.68. The molecule has 0 aliphatic heterocycles. The summed E-state index contributed by atoms with van der Waals surface area (Å²) in [6, 6.07) is 26.7. The third kappa shape index (κ3) is 3.41. The highest BCUT2D eigenvalue weighted by molar-refractivity contribution is 7.00. The summed E-state index contributed by atoms with van der Waals surface area (Å²) >= 11 is 0. The quantitative estimate of drug-likeness (QED) is 0.472. The first-order chi connectivity index (χ1) is 14.3. The van der Waals surface area contributed by atoms with Crippen LogP contribution in [0.15, 0.2) is 91.3 Å². The fourth-order valence-corrected chi connectivity index (χ4v) is 8.53. The van der Waals surface area contributed by atoms with Crippen molar-refractivity contribution in [3.63, 3.8) is 0 Å². The highest BCUT2D eigenvalue weighted by Crippen LogP contribution is 2.38. The Morgan fingerprint density at radius 1 is 0.833 bits per heavy atom. The largest absolute Gasteiger partial charge is 0.534 e. The van der Waals surface area contributed by atoms with Gasteiger partial charge in [0.15, 0.2) is 0 Å². The number of aromatic nitrogens is 1. The number of hydrogen-bond donors (Lipinski definition) is 1. The molecule has 5 heteroatoms. The molecule has 1 aromatic heterocycles. The van der Waals surface area contributed by atoms with Crippen molar-refractivity contribution in [2.45, 2.75) is 25.8 Å². The van der Waals surface area contributed by atoms with Crippen LogP contribution >= 0.6 is 0 Å². The molecule has 1 N–H and O–H groups in total. The van der Waals surface area contributed by atoms with Crippen LogP contribution in [0.4, 0.5) is 4.79 Å². The maximum absolute atomic E-state index is 11.3. The van der Waals surface area contributed by atoms with Crippen molar-refractivity contribution in [3.05, 3.63) is 91.3 Å². The number of carboxylic acid groups (broad SMARTS) is 1. The topological polar surface area (TPSA) is 51.5 Å². The van der Waals surface area contributed by atoms with E-state index in [0.29, 0.717) is 0 Å². The maximum Gasteiger partial charge on any atom is 0.415 e. The van der Waals surface area contributed by atoms with Gasteiger partial charge in [0.2, 0.25) is 0 Å². The van der Waals surface area contributed by atoms with Gasteiger partial charge in [-0.15, -0.1) is 0 Å². The van der Waals surface area contributed by atoms with Crippen molar-refractivity contribution in [2.75, 3.05) is 0 Å². The summed E-state index contributed by atoms with van der Waals surface area (Å²) in [5.41, 5.74) is 0. The molecule has 0 unspecified atom stereocenters. The third-order valence-corrected chi connectivity index (χ3v) is 10.5. The van der Waals surface area contributed by atoms with Gasteiger partial charge in [-0.1, -0.05) is 81.4 Å². The van der Waals surface area contributed by atoms with E-state index in [2.05, 4.69) is 69.3 Å². The zero-order valence-corrected chi connectivity index (χ0v) is 18.4. The Kier molecular flexibility index (Phi) is 4.99. The first-order valence-electron chi connectivity index (χ1n) is 9.96. The van der Waals surface area contributed by atoms with Crippen LogP contribution in [0.5, 0.6) is 5.75 Å². The van der Waals surface area contributed by atoms with E-state index in [0.717, 1.165) is 16.5 Å². The Hall–Kier alpha value is -3.31. The summed E-state index contributed by atoms with van der Waals surface area (Å²) in [6.45, 7) is 6.70. The Morgan fingerprint density at radius 3 is 1.87 bits per heavy atom. The van der Waals surface area contributed by atoms with Crippen molar-refractivity contribution in [1.82, 2.24) is 4.57 Å². The lowest BCUT2D eigenvalue weighted by Gasteiger charge is -2.43. The molecule has 152 valence electrons. The van der Waals surface area contributed by atoms with Crippen molar-refractivity contribution >= 4 is 35.6 Å². The van der Waals surface area contributed by atoms with Gasteiger partial charge < -0.3 is 9.53 Å². The zero-order chi connectivity index (χ0) is 21.4. The van der Waals surface area contributed by atoms with Crippen molar-refractivity contribution in [2.24, 2.45) is 0 Å². The molecule has 0 amide bonds. The minimum Gasteiger partial charge on any atom is -0.534 e. The van der Waals surface area contributed by atoms with Gasteiger partial charge in [0.1, 0.15) is 5.75 Å². The molecule has 0 fully saturated rings. The van der Waals surface area contributed by atoms with Gasteiger partial charge in [-0.05, 0) is 33.6 Å². The monoisotopic (exact) mass is 415 g/mol. The molecule has 0 saturated heterocycles. The van der Waals surface area contributed by atoms with Gasteiger partial charge in [0, 0.05) is 23.2 Å². The summed E-state index contributed by atoms with van der Waals surface area (Å²) in [5.74, 6) is 0.750. The van der Waals surface area contributed by atoms with Crippen LogP contribution in [-0.4, -0.2) is 24.1 Å². The van der Waals surface area contributed by atoms with E-state index in [1.165, 1.54) is 14.9 Å². The molecule has 4 rings (SSSR count). The maximum atomic E-state index is 11.3. The van der Waals surface area contributed by atoms with E-state index in [1.807, 2.05) is 30.3 Å². The van der Waals surface area contributed by atoms with E-state index >= 15 is 0 Å². The second-order valence-electron chi connectivity index (χ2n) is 8.50. The average Bonchev–Trinajstić information content (AvgIpc) is 3.16. The SMILES string of the molecule is CC(C)(C)[Si](Oc1ccc2cn(C(=O)O)cc2c1)(c1ccccc1)c1ccccc1. The molecule has 0 spiro atoms. The van der Waals surface area contributed by atoms with Crippen molar-refractivity contribution in [1.29, 1.82) is 0 Å². The van der Waals surface area contributed by atoms with Crippen molar-refractivity contribution in [3.8, 4) is 5.75 Å². The summed E-state index contributed by atoms with van der Waals surface area (Å²) in [7, 11) is -2.72. The van der Waals surface area contributed by atoms with Gasteiger partial charge in [0.05, 0.1) is 0 Å². The molecule has 4 aromatic rings. The predicted octanol–water partition coefficient (Wildman–Crippen LogP) is 5.11. The summed E-state index contributed by atoms with van der Waals surface area (Å²) in [4.78, 5) is 11.3. The third-order valence-electron chi connectivity index (χ3n) is 5.52. The second-order valence-corrected chi connectivity index (χ2v) is 12.7. The molecule has 0 aliphatic carbocycles. The van der Waals surface area contributed by atoms with Gasteiger partial charge in [-0.3, -0.25) is 4.57 Å². The van der Waals surface area contributed by atoms with Crippen molar-refractivity contribution < 1.29 is 14.3 Å². The standard InChI is InChI=1S/C25H25NO3Si/c1-25(2,3)30(22-10-6-4-7-11-22,23-12-8-5-9-13-23)29-21-15-14-19-17-26(24(27)28)18-20(19)16-21/h4-18H,1-3H3,(H,27,28). The average molecular weight is 416 g/mol. The van der Waals surface area contributed by atoms with Gasteiger partial charge in [-0.25, -0.2) is 4.79 Å². The number of hydrogen-bond acceptors (Lipinski definition) is 2. The van der Waals surface area contributed by atoms with E-state index in [-0.39, 0.29) is 5.04 Å². The van der Waals surface area contributed by atoms with Gasteiger partial charge in [-0.2, -0.15) is 0 Å². The zero-order valence-electron chi connectivity index (χ0n) is 17.4. The minimum absolute atomic E-state index is 0.141. The van der Waals surface area contributed by atoms with E-state index in [9.17, 15) is 9.90 Å². The number of rotatable bonds is 4. The highest BCUT2D eigenvalue weighted by Gasteiger charge is 2.52. The molecule has 0 radical (unpaired) electrons. The summed E-state index contributed by atoms with van der Waals surface area (Å²) in [6.07, 6.45) is 2.24. The normalized spacial score (nSPS) is 12.1. The van der Waals surface area contributed by atoms with Gasteiger partial charge >= 0.3 is 14.4 Å². The van der Waals surface area contributed by atoms with Crippen LogP contribution < -0.4 is 14.8 Å². The lowest BCUT2D eigenvalue weighted by molar-refractivity contribution is 0.196. The molecule has 0 bridgehead atoms. The Morgan fingerprint density at radius 2 is 1.37 bits per heavy atom. The molecular formula is C25H25NO3Si. The molecule has 4 nitrogen and oxygen atoms in total. The number of benzene rings is 3. The minimum atomic E-state index is -2.72. The van der Waals surface area contributed by atoms with Crippen LogP contribution in [0.2, 0.25) is 5.04 Å². The number of carbonyl (C=O) groups is 1. The smallest absolute Gasteiger partial charge is 0.415 e.